The third-order valence-electron chi connectivity index (χ3n) is 2.59. The molecule has 0 spiro atoms. The van der Waals surface area contributed by atoms with Gasteiger partial charge in [-0.15, -0.1) is 0 Å². The molecule has 0 amide bonds. The molecule has 90 valence electrons. The zero-order chi connectivity index (χ0) is 13.1. The van der Waals surface area contributed by atoms with E-state index in [-0.39, 0.29) is 0 Å². The van der Waals surface area contributed by atoms with Crippen molar-refractivity contribution in [2.24, 2.45) is 0 Å². The van der Waals surface area contributed by atoms with E-state index >= 15 is 0 Å². The Bertz CT molecular complexity index is 774. The lowest BCUT2D eigenvalue weighted by atomic mass is 10.2. The summed E-state index contributed by atoms with van der Waals surface area (Å²) in [5.41, 5.74) is 1.43. The molecule has 0 fully saturated rings. The number of aromatic nitrogens is 3. The Morgan fingerprint density at radius 1 is 0.947 bits per heavy atom. The highest BCUT2D eigenvalue weighted by atomic mass is 32.2. The first kappa shape index (κ1) is 11.6. The van der Waals surface area contributed by atoms with Gasteiger partial charge in [-0.05, 0) is 30.0 Å². The molecule has 3 rings (SSSR count). The Morgan fingerprint density at radius 3 is 2.74 bits per heavy atom. The van der Waals surface area contributed by atoms with E-state index in [0.29, 0.717) is 10.6 Å². The summed E-state index contributed by atoms with van der Waals surface area (Å²) in [5, 5.41) is 11.5. The number of benzene rings is 1. The summed E-state index contributed by atoms with van der Waals surface area (Å²) in [5.74, 6) is 0. The number of para-hydroxylation sites is 1. The Balaban J connectivity index is 2.09. The lowest BCUT2D eigenvalue weighted by Crippen LogP contribution is -1.89. The molecule has 2 aromatic heterocycles. The molecule has 0 saturated heterocycles. The van der Waals surface area contributed by atoms with Gasteiger partial charge in [-0.1, -0.05) is 18.2 Å². The van der Waals surface area contributed by atoms with Crippen molar-refractivity contribution in [1.29, 1.82) is 5.26 Å². The fourth-order valence-electron chi connectivity index (χ4n) is 1.71. The van der Waals surface area contributed by atoms with Crippen LogP contribution in [-0.2, 0) is 0 Å². The van der Waals surface area contributed by atoms with Crippen LogP contribution >= 0.6 is 11.8 Å². The van der Waals surface area contributed by atoms with E-state index in [2.05, 4.69) is 21.0 Å². The molecule has 5 heteroatoms. The predicted molar refractivity (Wildman–Crippen MR) is 72.6 cm³/mol. The SMILES string of the molecule is N#Cc1cccnc1Sc1ncnc2ccccc12. The average molecular weight is 264 g/mol. The number of hydrogen-bond acceptors (Lipinski definition) is 5. The highest BCUT2D eigenvalue weighted by Gasteiger charge is 2.09. The summed E-state index contributed by atoms with van der Waals surface area (Å²) < 4.78 is 0. The monoisotopic (exact) mass is 264 g/mol. The number of pyridine rings is 1. The van der Waals surface area contributed by atoms with E-state index in [1.54, 1.807) is 18.3 Å². The van der Waals surface area contributed by atoms with Crippen molar-refractivity contribution in [3.63, 3.8) is 0 Å². The quantitative estimate of drug-likeness (QED) is 0.666. The van der Waals surface area contributed by atoms with Crippen LogP contribution in [0.5, 0.6) is 0 Å². The van der Waals surface area contributed by atoms with Gasteiger partial charge in [0.2, 0.25) is 0 Å². The lowest BCUT2D eigenvalue weighted by Gasteiger charge is -2.04. The molecule has 3 aromatic rings. The molecule has 0 N–H and O–H groups in total. The summed E-state index contributed by atoms with van der Waals surface area (Å²) in [6.07, 6.45) is 3.20. The zero-order valence-corrected chi connectivity index (χ0v) is 10.6. The van der Waals surface area contributed by atoms with E-state index < -0.39 is 0 Å². The molecule has 0 bridgehead atoms. The molecular formula is C14H8N4S. The van der Waals surface area contributed by atoms with Crippen LogP contribution in [-0.4, -0.2) is 15.0 Å². The number of rotatable bonds is 2. The van der Waals surface area contributed by atoms with Gasteiger partial charge < -0.3 is 0 Å². The number of nitrogens with zero attached hydrogens (tertiary/aromatic N) is 4. The van der Waals surface area contributed by atoms with E-state index in [1.165, 1.54) is 18.1 Å². The summed E-state index contributed by atoms with van der Waals surface area (Å²) in [6, 6.07) is 13.4. The number of nitriles is 1. The standard InChI is InChI=1S/C14H8N4S/c15-8-10-4-3-7-16-13(10)19-14-11-5-1-2-6-12(11)17-9-18-14/h1-7,9H. The fourth-order valence-corrected chi connectivity index (χ4v) is 2.61. The molecule has 0 atom stereocenters. The topological polar surface area (TPSA) is 62.5 Å². The van der Waals surface area contributed by atoms with Crippen LogP contribution in [0.3, 0.4) is 0 Å². The van der Waals surface area contributed by atoms with E-state index in [9.17, 15) is 0 Å². The van der Waals surface area contributed by atoms with Crippen LogP contribution in [0.25, 0.3) is 10.9 Å². The van der Waals surface area contributed by atoms with Crippen molar-refractivity contribution in [3.8, 4) is 6.07 Å². The minimum atomic E-state index is 0.551. The van der Waals surface area contributed by atoms with Crippen molar-refractivity contribution < 1.29 is 0 Å². The molecular weight excluding hydrogens is 256 g/mol. The largest absolute Gasteiger partial charge is 0.248 e. The van der Waals surface area contributed by atoms with Crippen molar-refractivity contribution in [2.75, 3.05) is 0 Å². The summed E-state index contributed by atoms with van der Waals surface area (Å²) in [7, 11) is 0. The molecule has 0 unspecified atom stereocenters. The third kappa shape index (κ3) is 2.26. The smallest absolute Gasteiger partial charge is 0.120 e. The van der Waals surface area contributed by atoms with E-state index in [1.807, 2.05) is 24.3 Å². The van der Waals surface area contributed by atoms with E-state index in [0.717, 1.165) is 15.9 Å². The zero-order valence-electron chi connectivity index (χ0n) is 9.82. The van der Waals surface area contributed by atoms with Crippen molar-refractivity contribution in [2.45, 2.75) is 10.1 Å². The van der Waals surface area contributed by atoms with Crippen molar-refractivity contribution in [1.82, 2.24) is 15.0 Å². The second-order valence-electron chi connectivity index (χ2n) is 3.77. The molecule has 0 radical (unpaired) electrons. The van der Waals surface area contributed by atoms with E-state index in [4.69, 9.17) is 5.26 Å². The summed E-state index contributed by atoms with van der Waals surface area (Å²) in [4.78, 5) is 12.7. The molecule has 2 heterocycles. The summed E-state index contributed by atoms with van der Waals surface area (Å²) in [6.45, 7) is 0. The van der Waals surface area contributed by atoms with Gasteiger partial charge in [0.1, 0.15) is 22.4 Å². The van der Waals surface area contributed by atoms with Gasteiger partial charge in [0, 0.05) is 11.6 Å². The van der Waals surface area contributed by atoms with Gasteiger partial charge in [0.25, 0.3) is 0 Å². The molecule has 0 saturated carbocycles. The normalized spacial score (nSPS) is 10.3. The van der Waals surface area contributed by atoms with Crippen LogP contribution in [0, 0.1) is 11.3 Å². The second-order valence-corrected chi connectivity index (χ2v) is 4.74. The van der Waals surface area contributed by atoms with Crippen LogP contribution < -0.4 is 0 Å². The molecule has 0 aliphatic carbocycles. The maximum Gasteiger partial charge on any atom is 0.120 e. The first-order chi connectivity index (χ1) is 9.38. The molecule has 0 aliphatic rings. The lowest BCUT2D eigenvalue weighted by molar-refractivity contribution is 1.07. The van der Waals surface area contributed by atoms with Gasteiger partial charge in [-0.2, -0.15) is 5.26 Å². The first-order valence-corrected chi connectivity index (χ1v) is 6.43. The predicted octanol–water partition coefficient (Wildman–Crippen LogP) is 3.05. The Morgan fingerprint density at radius 2 is 1.84 bits per heavy atom. The molecule has 19 heavy (non-hydrogen) atoms. The van der Waals surface area contributed by atoms with Crippen molar-refractivity contribution in [3.05, 3.63) is 54.5 Å². The maximum atomic E-state index is 9.07. The van der Waals surface area contributed by atoms with Crippen LogP contribution in [0.1, 0.15) is 5.56 Å². The molecule has 4 nitrogen and oxygen atoms in total. The maximum absolute atomic E-state index is 9.07. The van der Waals surface area contributed by atoms with Crippen LogP contribution in [0.15, 0.2) is 59.0 Å². The Kier molecular flexibility index (Phi) is 3.09. The fraction of sp³-hybridized carbons (Fsp3) is 0. The Labute approximate surface area is 114 Å². The van der Waals surface area contributed by atoms with Crippen LogP contribution in [0.4, 0.5) is 0 Å². The third-order valence-corrected chi connectivity index (χ3v) is 3.63. The second kappa shape index (κ2) is 5.04. The number of fused-ring (bicyclic) bond motifs is 1. The Hall–Kier alpha value is -2.45. The number of hydrogen-bond donors (Lipinski definition) is 0. The highest BCUT2D eigenvalue weighted by Crippen LogP contribution is 2.31. The minimum Gasteiger partial charge on any atom is -0.248 e. The molecule has 0 aliphatic heterocycles. The minimum absolute atomic E-state index is 0.551. The average Bonchev–Trinajstić information content (AvgIpc) is 2.48. The van der Waals surface area contributed by atoms with Crippen LogP contribution in [0.2, 0.25) is 0 Å². The summed E-state index contributed by atoms with van der Waals surface area (Å²) >= 11 is 1.38. The van der Waals surface area contributed by atoms with Gasteiger partial charge >= 0.3 is 0 Å². The molecule has 1 aromatic carbocycles. The first-order valence-electron chi connectivity index (χ1n) is 5.61. The van der Waals surface area contributed by atoms with Gasteiger partial charge in [-0.3, -0.25) is 0 Å². The van der Waals surface area contributed by atoms with Gasteiger partial charge in [0.05, 0.1) is 11.1 Å². The van der Waals surface area contributed by atoms with Gasteiger partial charge in [0.15, 0.2) is 0 Å². The van der Waals surface area contributed by atoms with Gasteiger partial charge in [-0.25, -0.2) is 15.0 Å². The van der Waals surface area contributed by atoms with Crippen molar-refractivity contribution >= 4 is 22.7 Å². The highest BCUT2D eigenvalue weighted by molar-refractivity contribution is 7.99.